The Balaban J connectivity index is 1.66. The molecule has 1 aromatic heterocycles. The SMILES string of the molecule is CCCC1(Cn2cc(CN(C)CC)c3cccc(/C=C(/c4ccc(C(=O)O)cc4C)C4CCCCC4)c32)CC1. The van der Waals surface area contributed by atoms with E-state index in [1.165, 1.54) is 91.0 Å². The summed E-state index contributed by atoms with van der Waals surface area (Å²) in [4.78, 5) is 14.0. The van der Waals surface area contributed by atoms with Crippen LogP contribution in [0.1, 0.15) is 104 Å². The van der Waals surface area contributed by atoms with Crippen LogP contribution in [-0.2, 0) is 13.1 Å². The minimum Gasteiger partial charge on any atom is -0.478 e. The molecular weight excluding hydrogens is 480 g/mol. The molecule has 2 aromatic carbocycles. The maximum Gasteiger partial charge on any atom is 0.335 e. The molecule has 0 radical (unpaired) electrons. The van der Waals surface area contributed by atoms with Crippen LogP contribution in [0.15, 0.2) is 42.6 Å². The van der Waals surface area contributed by atoms with Gasteiger partial charge in [-0.2, -0.15) is 0 Å². The number of rotatable bonds is 11. The summed E-state index contributed by atoms with van der Waals surface area (Å²) in [5.41, 5.74) is 8.55. The number of aryl methyl sites for hydroxylation is 1. The molecule has 208 valence electrons. The van der Waals surface area contributed by atoms with Crippen molar-refractivity contribution in [3.8, 4) is 0 Å². The molecule has 4 nitrogen and oxygen atoms in total. The molecule has 0 aliphatic heterocycles. The molecule has 0 atom stereocenters. The molecule has 2 aliphatic carbocycles. The minimum atomic E-state index is -0.860. The molecule has 2 saturated carbocycles. The van der Waals surface area contributed by atoms with E-state index in [9.17, 15) is 9.90 Å². The van der Waals surface area contributed by atoms with Crippen LogP contribution in [0.2, 0.25) is 0 Å². The molecule has 2 fully saturated rings. The van der Waals surface area contributed by atoms with Crippen LogP contribution in [0.5, 0.6) is 0 Å². The number of carboxylic acid groups (broad SMARTS) is 1. The first kappa shape index (κ1) is 27.7. The third-order valence-corrected chi connectivity index (χ3v) is 9.38. The zero-order valence-electron chi connectivity index (χ0n) is 24.4. The lowest BCUT2D eigenvalue weighted by molar-refractivity contribution is 0.0696. The molecule has 0 spiro atoms. The molecule has 5 rings (SSSR count). The minimum absolute atomic E-state index is 0.366. The van der Waals surface area contributed by atoms with Crippen molar-refractivity contribution in [2.45, 2.75) is 91.6 Å². The first-order valence-electron chi connectivity index (χ1n) is 15.2. The number of para-hydroxylation sites is 1. The number of carbonyl (C=O) groups is 1. The Morgan fingerprint density at radius 3 is 2.54 bits per heavy atom. The van der Waals surface area contributed by atoms with E-state index >= 15 is 0 Å². The predicted molar refractivity (Wildman–Crippen MR) is 163 cm³/mol. The molecule has 2 aliphatic rings. The van der Waals surface area contributed by atoms with E-state index in [2.05, 4.69) is 73.8 Å². The lowest BCUT2D eigenvalue weighted by atomic mass is 9.79. The molecular formula is C35H46N2O2. The fourth-order valence-corrected chi connectivity index (χ4v) is 6.91. The summed E-state index contributed by atoms with van der Waals surface area (Å²) in [7, 11) is 2.21. The van der Waals surface area contributed by atoms with Crippen LogP contribution in [0.4, 0.5) is 0 Å². The average molecular weight is 527 g/mol. The summed E-state index contributed by atoms with van der Waals surface area (Å²) < 4.78 is 2.58. The first-order chi connectivity index (χ1) is 18.8. The number of carboxylic acids is 1. The number of hydrogen-bond donors (Lipinski definition) is 1. The summed E-state index contributed by atoms with van der Waals surface area (Å²) in [5.74, 6) is -0.353. The number of aromatic carboxylic acids is 1. The highest BCUT2D eigenvalue weighted by Gasteiger charge is 2.42. The second-order valence-corrected chi connectivity index (χ2v) is 12.4. The van der Waals surface area contributed by atoms with Crippen molar-refractivity contribution in [2.75, 3.05) is 13.6 Å². The van der Waals surface area contributed by atoms with Crippen LogP contribution in [0, 0.1) is 18.3 Å². The van der Waals surface area contributed by atoms with Gasteiger partial charge in [-0.05, 0) is 110 Å². The molecule has 1 heterocycles. The summed E-state index contributed by atoms with van der Waals surface area (Å²) in [5, 5.41) is 10.9. The number of benzene rings is 2. The van der Waals surface area contributed by atoms with E-state index in [1.807, 2.05) is 6.07 Å². The third kappa shape index (κ3) is 6.01. The quantitative estimate of drug-likeness (QED) is 0.254. The number of nitrogens with zero attached hydrogens (tertiary/aromatic N) is 2. The largest absolute Gasteiger partial charge is 0.478 e. The first-order valence-corrected chi connectivity index (χ1v) is 15.2. The van der Waals surface area contributed by atoms with Crippen molar-refractivity contribution in [1.82, 2.24) is 9.47 Å². The van der Waals surface area contributed by atoms with E-state index in [0.29, 0.717) is 16.9 Å². The van der Waals surface area contributed by atoms with Gasteiger partial charge in [-0.15, -0.1) is 0 Å². The van der Waals surface area contributed by atoms with Crippen molar-refractivity contribution >= 4 is 28.5 Å². The van der Waals surface area contributed by atoms with E-state index in [1.54, 1.807) is 6.07 Å². The van der Waals surface area contributed by atoms with Crippen molar-refractivity contribution in [3.05, 3.63) is 70.4 Å². The molecule has 0 saturated heterocycles. The zero-order valence-corrected chi connectivity index (χ0v) is 24.4. The summed E-state index contributed by atoms with van der Waals surface area (Å²) in [6.45, 7) is 9.70. The van der Waals surface area contributed by atoms with E-state index in [4.69, 9.17) is 0 Å². The summed E-state index contributed by atoms with van der Waals surface area (Å²) in [6, 6.07) is 12.5. The highest BCUT2D eigenvalue weighted by molar-refractivity contribution is 5.97. The number of fused-ring (bicyclic) bond motifs is 1. The Morgan fingerprint density at radius 1 is 1.13 bits per heavy atom. The standard InChI is InChI=1S/C35H46N2O2/c1-5-17-35(18-19-35)24-37-23-29(22-36(4)6-2)31-14-10-13-27(33(31)37)21-32(26-11-8-7-9-12-26)30-16-15-28(34(38)39)20-25(30)3/h10,13-16,20-21,23,26H,5-9,11-12,17-19,22,24H2,1-4H3,(H,38,39)/b32-21+. The van der Waals surface area contributed by atoms with Crippen molar-refractivity contribution in [3.63, 3.8) is 0 Å². The van der Waals surface area contributed by atoms with Gasteiger partial charge in [0.1, 0.15) is 0 Å². The van der Waals surface area contributed by atoms with Gasteiger partial charge in [-0.25, -0.2) is 4.79 Å². The molecule has 1 N–H and O–H groups in total. The van der Waals surface area contributed by atoms with Gasteiger partial charge in [-0.1, -0.05) is 63.8 Å². The second kappa shape index (κ2) is 11.7. The van der Waals surface area contributed by atoms with Gasteiger partial charge >= 0.3 is 5.97 Å². The van der Waals surface area contributed by atoms with Crippen LogP contribution in [-0.4, -0.2) is 34.1 Å². The van der Waals surface area contributed by atoms with Gasteiger partial charge in [0, 0.05) is 24.7 Å². The second-order valence-electron chi connectivity index (χ2n) is 12.4. The maximum atomic E-state index is 11.7. The van der Waals surface area contributed by atoms with Crippen molar-refractivity contribution < 1.29 is 9.90 Å². The Labute approximate surface area is 234 Å². The van der Waals surface area contributed by atoms with E-state index < -0.39 is 5.97 Å². The molecule has 4 heteroatoms. The number of allylic oxidation sites excluding steroid dienone is 1. The topological polar surface area (TPSA) is 45.5 Å². The van der Waals surface area contributed by atoms with Crippen molar-refractivity contribution in [2.24, 2.45) is 11.3 Å². The Morgan fingerprint density at radius 2 is 1.90 bits per heavy atom. The third-order valence-electron chi connectivity index (χ3n) is 9.38. The van der Waals surface area contributed by atoms with Gasteiger partial charge in [0.25, 0.3) is 0 Å². The Kier molecular flexibility index (Phi) is 8.32. The van der Waals surface area contributed by atoms with E-state index in [-0.39, 0.29) is 0 Å². The average Bonchev–Trinajstić information content (AvgIpc) is 3.61. The molecule has 3 aromatic rings. The highest BCUT2D eigenvalue weighted by atomic mass is 16.4. The van der Waals surface area contributed by atoms with Gasteiger partial charge in [0.2, 0.25) is 0 Å². The molecule has 39 heavy (non-hydrogen) atoms. The van der Waals surface area contributed by atoms with Crippen LogP contribution >= 0.6 is 0 Å². The van der Waals surface area contributed by atoms with Crippen molar-refractivity contribution in [1.29, 1.82) is 0 Å². The fraction of sp³-hybridized carbons (Fsp3) is 0.514. The predicted octanol–water partition coefficient (Wildman–Crippen LogP) is 8.80. The Bertz CT molecular complexity index is 1350. The van der Waals surface area contributed by atoms with E-state index in [0.717, 1.165) is 25.2 Å². The monoisotopic (exact) mass is 526 g/mol. The lowest BCUT2D eigenvalue weighted by Crippen LogP contribution is -2.16. The zero-order chi connectivity index (χ0) is 27.6. The number of hydrogen-bond acceptors (Lipinski definition) is 2. The summed E-state index contributed by atoms with van der Waals surface area (Å²) >= 11 is 0. The van der Waals surface area contributed by atoms with Gasteiger partial charge in [0.05, 0.1) is 11.1 Å². The molecule has 0 amide bonds. The van der Waals surface area contributed by atoms with Gasteiger partial charge < -0.3 is 14.6 Å². The fourth-order valence-electron chi connectivity index (χ4n) is 6.91. The highest BCUT2D eigenvalue weighted by Crippen LogP contribution is 2.51. The molecule has 0 unspecified atom stereocenters. The van der Waals surface area contributed by atoms with Crippen LogP contribution in [0.3, 0.4) is 0 Å². The van der Waals surface area contributed by atoms with Crippen LogP contribution < -0.4 is 0 Å². The normalized spacial score (nSPS) is 17.7. The lowest BCUT2D eigenvalue weighted by Gasteiger charge is -2.26. The Hall–Kier alpha value is -2.85. The summed E-state index contributed by atoms with van der Waals surface area (Å²) in [6.07, 6.45) is 16.4. The number of aromatic nitrogens is 1. The van der Waals surface area contributed by atoms with Gasteiger partial charge in [0.15, 0.2) is 0 Å². The van der Waals surface area contributed by atoms with Crippen LogP contribution in [0.25, 0.3) is 22.6 Å². The molecule has 0 bridgehead atoms. The maximum absolute atomic E-state index is 11.7. The smallest absolute Gasteiger partial charge is 0.335 e. The van der Waals surface area contributed by atoms with Gasteiger partial charge in [-0.3, -0.25) is 0 Å².